The first kappa shape index (κ1) is 31.3. The van der Waals surface area contributed by atoms with Gasteiger partial charge in [-0.15, -0.1) is 0 Å². The summed E-state index contributed by atoms with van der Waals surface area (Å²) in [5, 5.41) is 0. The quantitative estimate of drug-likeness (QED) is 0.365. The Morgan fingerprint density at radius 1 is 0.865 bits per heavy atom. The van der Waals surface area contributed by atoms with E-state index in [4.69, 9.17) is 0 Å². The molecule has 0 saturated heterocycles. The van der Waals surface area contributed by atoms with Gasteiger partial charge in [-0.25, -0.2) is 0 Å². The third-order valence-electron chi connectivity index (χ3n) is 8.92. The van der Waals surface area contributed by atoms with Gasteiger partial charge in [-0.1, -0.05) is 114 Å². The van der Waals surface area contributed by atoms with Gasteiger partial charge in [0.25, 0.3) is 0 Å². The van der Waals surface area contributed by atoms with Gasteiger partial charge in [-0.2, -0.15) is 0 Å². The molecule has 0 heterocycles. The second-order valence-corrected chi connectivity index (χ2v) is 12.3. The Morgan fingerprint density at radius 3 is 2.03 bits per heavy atom. The number of unbranched alkanes of at least 4 members (excludes halogenated alkanes) is 1. The van der Waals surface area contributed by atoms with Crippen molar-refractivity contribution in [1.82, 2.24) is 0 Å². The molecule has 0 radical (unpaired) electrons. The van der Waals surface area contributed by atoms with E-state index < -0.39 is 0 Å². The summed E-state index contributed by atoms with van der Waals surface area (Å²) in [6, 6.07) is 17.8. The molecular formula is C36H58O. The molecule has 0 aromatic heterocycles. The average Bonchev–Trinajstić information content (AvgIpc) is 3.69. The van der Waals surface area contributed by atoms with Crippen molar-refractivity contribution in [2.75, 3.05) is 0 Å². The highest BCUT2D eigenvalue weighted by Crippen LogP contribution is 2.42. The minimum absolute atomic E-state index is 0. The van der Waals surface area contributed by atoms with Crippen LogP contribution in [-0.4, -0.2) is 5.78 Å². The van der Waals surface area contributed by atoms with Crippen molar-refractivity contribution in [3.8, 4) is 0 Å². The van der Waals surface area contributed by atoms with Crippen LogP contribution in [-0.2, 0) is 10.2 Å². The van der Waals surface area contributed by atoms with Crippen LogP contribution in [0.3, 0.4) is 0 Å². The molecule has 37 heavy (non-hydrogen) atoms. The van der Waals surface area contributed by atoms with Crippen LogP contribution >= 0.6 is 0 Å². The molecule has 3 aliphatic rings. The molecule has 0 aliphatic heterocycles. The van der Waals surface area contributed by atoms with Crippen molar-refractivity contribution < 1.29 is 6.22 Å². The Morgan fingerprint density at radius 2 is 1.51 bits per heavy atom. The highest BCUT2D eigenvalue weighted by molar-refractivity contribution is 5.81. The fourth-order valence-electron chi connectivity index (χ4n) is 5.89. The highest BCUT2D eigenvalue weighted by atomic mass is 16.1. The molecule has 0 spiro atoms. The number of Topliss-reactive ketones (excluding diaryl/α,β-unsaturated/α-hetero) is 1. The number of carbonyl (C=O) groups excluding carboxylic acids is 1. The van der Waals surface area contributed by atoms with Gasteiger partial charge in [-0.05, 0) is 92.7 Å². The maximum atomic E-state index is 11.2. The first-order chi connectivity index (χ1) is 17.3. The van der Waals surface area contributed by atoms with Gasteiger partial charge in [0.2, 0.25) is 0 Å². The van der Waals surface area contributed by atoms with Crippen molar-refractivity contribution in [3.05, 3.63) is 70.8 Å². The van der Waals surface area contributed by atoms with Crippen LogP contribution in [0.25, 0.3) is 0 Å². The number of benzene rings is 2. The van der Waals surface area contributed by atoms with Crippen molar-refractivity contribution in [2.24, 2.45) is 11.8 Å². The minimum atomic E-state index is 0. The molecule has 0 bridgehead atoms. The molecule has 1 nitrogen and oxygen atoms in total. The lowest BCUT2D eigenvalue weighted by molar-refractivity contribution is -0.125. The third-order valence-corrected chi connectivity index (χ3v) is 8.92. The van der Waals surface area contributed by atoms with E-state index in [1.54, 1.807) is 5.56 Å². The first-order valence-corrected chi connectivity index (χ1v) is 15.0. The molecule has 3 saturated carbocycles. The van der Waals surface area contributed by atoms with Gasteiger partial charge in [0.05, 0.1) is 0 Å². The van der Waals surface area contributed by atoms with Crippen LogP contribution in [0.15, 0.2) is 48.5 Å². The summed E-state index contributed by atoms with van der Waals surface area (Å²) in [6.07, 6.45) is 16.7. The van der Waals surface area contributed by atoms with Gasteiger partial charge in [0, 0.05) is 13.8 Å². The summed E-state index contributed by atoms with van der Waals surface area (Å²) < 4.78 is 0. The lowest BCUT2D eigenvalue weighted by Gasteiger charge is -2.37. The van der Waals surface area contributed by atoms with Gasteiger partial charge >= 0.3 is 0 Å². The van der Waals surface area contributed by atoms with Crippen LogP contribution in [0, 0.1) is 25.7 Å². The zero-order valence-corrected chi connectivity index (χ0v) is 24.0. The van der Waals surface area contributed by atoms with Crippen LogP contribution in [0.4, 0.5) is 0 Å². The summed E-state index contributed by atoms with van der Waals surface area (Å²) in [5.74, 6) is 2.77. The molecule has 1 heteroatoms. The largest absolute Gasteiger partial charge is 0.299 e. The molecule has 2 aromatic rings. The van der Waals surface area contributed by atoms with E-state index in [1.807, 2.05) is 0 Å². The predicted octanol–water partition coefficient (Wildman–Crippen LogP) is 11.2. The molecule has 208 valence electrons. The molecule has 0 atom stereocenters. The lowest BCUT2D eigenvalue weighted by atomic mass is 9.67. The molecule has 0 N–H and O–H groups in total. The standard InChI is InChI=1S/C15H22.C11H14.C9H16O.CH4.H2/c1-15(2,13-9-5-3-6-10-13)14-11-7-4-8-12-14;1-8-3-6-11(9(2)7-8)10-4-5-10;1-2-3-7-9(10)8-5-4-6-8;;/h3,5-6,9-10,14H,4,7-8,11-12H2,1-2H3;3,6-7,10H,4-5H2,1-2H3;8H,2-7H2,1H3;1H4;1H. The molecule has 5 rings (SSSR count). The Balaban J connectivity index is 0.000000284. The number of hydrogen-bond acceptors (Lipinski definition) is 1. The van der Waals surface area contributed by atoms with E-state index in [0.29, 0.717) is 17.1 Å². The third kappa shape index (κ3) is 9.73. The van der Waals surface area contributed by atoms with Crippen molar-refractivity contribution in [3.63, 3.8) is 0 Å². The van der Waals surface area contributed by atoms with Crippen molar-refractivity contribution in [2.45, 2.75) is 137 Å². The second-order valence-electron chi connectivity index (χ2n) is 12.3. The maximum Gasteiger partial charge on any atom is 0.135 e. The van der Waals surface area contributed by atoms with E-state index in [9.17, 15) is 4.79 Å². The topological polar surface area (TPSA) is 17.1 Å². The zero-order valence-electron chi connectivity index (χ0n) is 24.0. The van der Waals surface area contributed by atoms with E-state index in [0.717, 1.165) is 31.1 Å². The highest BCUT2D eigenvalue weighted by Gasteiger charge is 2.31. The van der Waals surface area contributed by atoms with Gasteiger partial charge in [-0.3, -0.25) is 4.79 Å². The van der Waals surface area contributed by atoms with E-state index in [2.05, 4.69) is 83.1 Å². The summed E-state index contributed by atoms with van der Waals surface area (Å²) in [7, 11) is 0. The maximum absolute atomic E-state index is 11.2. The Kier molecular flexibility index (Phi) is 13.1. The SMILES string of the molecule is C.CC(C)(c1ccccc1)C1CCCCC1.CCCCC(=O)C1CCC1.Cc1ccc(C2CC2)c(C)c1.[HH]. The molecule has 2 aromatic carbocycles. The Bertz CT molecular complexity index is 918. The summed E-state index contributed by atoms with van der Waals surface area (Å²) in [6.45, 7) is 11.3. The number of aryl methyl sites for hydroxylation is 2. The number of hydrogen-bond donors (Lipinski definition) is 0. The van der Waals surface area contributed by atoms with Gasteiger partial charge < -0.3 is 0 Å². The van der Waals surface area contributed by atoms with Crippen LogP contribution in [0.5, 0.6) is 0 Å². The molecule has 0 amide bonds. The average molecular weight is 507 g/mol. The van der Waals surface area contributed by atoms with E-state index in [1.165, 1.54) is 80.9 Å². The number of carbonyl (C=O) groups is 1. The lowest BCUT2D eigenvalue weighted by Crippen LogP contribution is -2.30. The van der Waals surface area contributed by atoms with Crippen LogP contribution in [0.1, 0.15) is 141 Å². The van der Waals surface area contributed by atoms with E-state index >= 15 is 0 Å². The number of rotatable bonds is 7. The zero-order chi connectivity index (χ0) is 26.0. The summed E-state index contributed by atoms with van der Waals surface area (Å²) >= 11 is 0. The Hall–Kier alpha value is -1.89. The minimum Gasteiger partial charge on any atom is -0.299 e. The van der Waals surface area contributed by atoms with Gasteiger partial charge in [0.1, 0.15) is 5.78 Å². The predicted molar refractivity (Wildman–Crippen MR) is 165 cm³/mol. The second kappa shape index (κ2) is 15.5. The molecule has 0 unspecified atom stereocenters. The smallest absolute Gasteiger partial charge is 0.135 e. The normalized spacial score (nSPS) is 17.8. The number of ketones is 1. The summed E-state index contributed by atoms with van der Waals surface area (Å²) in [5.41, 5.74) is 6.31. The molecule has 3 aliphatic carbocycles. The summed E-state index contributed by atoms with van der Waals surface area (Å²) in [4.78, 5) is 11.2. The Labute approximate surface area is 231 Å². The monoisotopic (exact) mass is 506 g/mol. The van der Waals surface area contributed by atoms with Crippen LogP contribution < -0.4 is 0 Å². The molecular weight excluding hydrogens is 448 g/mol. The van der Waals surface area contributed by atoms with Crippen LogP contribution in [0.2, 0.25) is 0 Å². The van der Waals surface area contributed by atoms with E-state index in [-0.39, 0.29) is 8.85 Å². The van der Waals surface area contributed by atoms with Crippen molar-refractivity contribution in [1.29, 1.82) is 0 Å². The fourth-order valence-corrected chi connectivity index (χ4v) is 5.89. The molecule has 3 fully saturated rings. The first-order valence-electron chi connectivity index (χ1n) is 15.0. The van der Waals surface area contributed by atoms with Crippen molar-refractivity contribution >= 4 is 5.78 Å². The fraction of sp³-hybridized carbons (Fsp3) is 0.639. The van der Waals surface area contributed by atoms with Gasteiger partial charge in [0.15, 0.2) is 0 Å².